The average Bonchev–Trinajstić information content (AvgIpc) is 3.03. The number of rotatable bonds is 5. The molecule has 7 heteroatoms. The smallest absolute Gasteiger partial charge is 0.263 e. The molecule has 3 aromatic rings. The van der Waals surface area contributed by atoms with Crippen LogP contribution in [0.3, 0.4) is 0 Å². The highest BCUT2D eigenvalue weighted by molar-refractivity contribution is 7.93. The van der Waals surface area contributed by atoms with E-state index < -0.39 is 10.0 Å². The molecule has 0 saturated heterocycles. The minimum absolute atomic E-state index is 0.178. The zero-order valence-corrected chi connectivity index (χ0v) is 14.8. The summed E-state index contributed by atoms with van der Waals surface area (Å²) in [7, 11) is -2.14. The Kier molecular flexibility index (Phi) is 4.55. The van der Waals surface area contributed by atoms with E-state index in [1.54, 1.807) is 26.2 Å². The van der Waals surface area contributed by atoms with Crippen molar-refractivity contribution < 1.29 is 13.2 Å². The lowest BCUT2D eigenvalue weighted by Gasteiger charge is -2.08. The van der Waals surface area contributed by atoms with Crippen LogP contribution in [0.4, 0.5) is 5.13 Å². The number of methoxy groups -OCH3 is 1. The summed E-state index contributed by atoms with van der Waals surface area (Å²) in [5.74, 6) is 0.648. The van der Waals surface area contributed by atoms with Crippen LogP contribution in [0.25, 0.3) is 11.3 Å². The molecule has 1 N–H and O–H groups in total. The van der Waals surface area contributed by atoms with E-state index in [1.807, 2.05) is 35.7 Å². The summed E-state index contributed by atoms with van der Waals surface area (Å²) in [5.41, 5.74) is 2.44. The van der Waals surface area contributed by atoms with Crippen LogP contribution >= 0.6 is 11.3 Å². The van der Waals surface area contributed by atoms with Gasteiger partial charge in [-0.15, -0.1) is 11.3 Å². The van der Waals surface area contributed by atoms with Gasteiger partial charge in [0.1, 0.15) is 5.75 Å². The molecule has 1 aromatic heterocycles. The van der Waals surface area contributed by atoms with Crippen LogP contribution in [0.1, 0.15) is 5.56 Å². The van der Waals surface area contributed by atoms with E-state index >= 15 is 0 Å². The molecule has 0 unspecified atom stereocenters. The van der Waals surface area contributed by atoms with Gasteiger partial charge in [0.05, 0.1) is 17.7 Å². The molecule has 0 bridgehead atoms. The van der Waals surface area contributed by atoms with Crippen LogP contribution in [0, 0.1) is 6.92 Å². The van der Waals surface area contributed by atoms with Crippen LogP contribution in [0.15, 0.2) is 58.8 Å². The number of nitrogens with zero attached hydrogens (tertiary/aromatic N) is 1. The summed E-state index contributed by atoms with van der Waals surface area (Å²) in [4.78, 5) is 4.53. The van der Waals surface area contributed by atoms with Gasteiger partial charge in [0.15, 0.2) is 5.13 Å². The van der Waals surface area contributed by atoms with Crippen LogP contribution in [-0.2, 0) is 10.0 Å². The maximum absolute atomic E-state index is 12.5. The number of hydrogen-bond acceptors (Lipinski definition) is 5. The van der Waals surface area contributed by atoms with Gasteiger partial charge in [-0.3, -0.25) is 4.72 Å². The van der Waals surface area contributed by atoms with Gasteiger partial charge in [-0.25, -0.2) is 13.4 Å². The molecule has 0 aliphatic rings. The minimum Gasteiger partial charge on any atom is -0.496 e. The van der Waals surface area contributed by atoms with E-state index in [0.717, 1.165) is 16.8 Å². The molecule has 3 rings (SSSR count). The Labute approximate surface area is 145 Å². The van der Waals surface area contributed by atoms with Crippen molar-refractivity contribution in [1.82, 2.24) is 4.98 Å². The zero-order valence-electron chi connectivity index (χ0n) is 13.2. The normalized spacial score (nSPS) is 11.2. The first-order valence-electron chi connectivity index (χ1n) is 7.18. The first kappa shape index (κ1) is 16.5. The Bertz CT molecular complexity index is 951. The molecular formula is C17H16N2O3S2. The van der Waals surface area contributed by atoms with E-state index in [2.05, 4.69) is 9.71 Å². The summed E-state index contributed by atoms with van der Waals surface area (Å²) in [6, 6.07) is 14.3. The summed E-state index contributed by atoms with van der Waals surface area (Å²) in [6.45, 7) is 1.80. The van der Waals surface area contributed by atoms with Crippen molar-refractivity contribution in [3.63, 3.8) is 0 Å². The topological polar surface area (TPSA) is 68.3 Å². The highest BCUT2D eigenvalue weighted by Crippen LogP contribution is 2.27. The highest BCUT2D eigenvalue weighted by atomic mass is 32.2. The molecule has 24 heavy (non-hydrogen) atoms. The van der Waals surface area contributed by atoms with E-state index in [0.29, 0.717) is 10.9 Å². The number of aromatic nitrogens is 1. The largest absolute Gasteiger partial charge is 0.496 e. The van der Waals surface area contributed by atoms with E-state index in [1.165, 1.54) is 17.4 Å². The SMILES string of the molecule is COc1ccc(S(=O)(=O)Nc2nc(-c3ccccc3)cs2)cc1C. The van der Waals surface area contributed by atoms with Crippen LogP contribution in [-0.4, -0.2) is 20.5 Å². The Morgan fingerprint density at radius 2 is 1.88 bits per heavy atom. The Balaban J connectivity index is 1.85. The summed E-state index contributed by atoms with van der Waals surface area (Å²) < 4.78 is 32.7. The quantitative estimate of drug-likeness (QED) is 0.748. The lowest BCUT2D eigenvalue weighted by molar-refractivity contribution is 0.411. The van der Waals surface area contributed by atoms with Crippen molar-refractivity contribution in [2.24, 2.45) is 0 Å². The molecule has 0 fully saturated rings. The van der Waals surface area contributed by atoms with Gasteiger partial charge in [0.2, 0.25) is 0 Å². The molecular weight excluding hydrogens is 344 g/mol. The zero-order chi connectivity index (χ0) is 17.2. The Morgan fingerprint density at radius 1 is 1.12 bits per heavy atom. The molecule has 0 spiro atoms. The van der Waals surface area contributed by atoms with Crippen molar-refractivity contribution in [2.75, 3.05) is 11.8 Å². The maximum atomic E-state index is 12.5. The number of nitrogens with one attached hydrogen (secondary N) is 1. The Hall–Kier alpha value is -2.38. The standard InChI is InChI=1S/C17H16N2O3S2/c1-12-10-14(8-9-16(12)22-2)24(20,21)19-17-18-15(11-23-17)13-6-4-3-5-7-13/h3-11H,1-2H3,(H,18,19). The number of aryl methyl sites for hydroxylation is 1. The molecule has 0 radical (unpaired) electrons. The van der Waals surface area contributed by atoms with Crippen molar-refractivity contribution >= 4 is 26.5 Å². The fraction of sp³-hybridized carbons (Fsp3) is 0.118. The fourth-order valence-electron chi connectivity index (χ4n) is 2.25. The highest BCUT2D eigenvalue weighted by Gasteiger charge is 2.17. The molecule has 0 aliphatic heterocycles. The number of anilines is 1. The van der Waals surface area contributed by atoms with Gasteiger partial charge >= 0.3 is 0 Å². The second-order valence-corrected chi connectivity index (χ2v) is 7.68. The molecule has 0 saturated carbocycles. The lowest BCUT2D eigenvalue weighted by Crippen LogP contribution is -2.13. The van der Waals surface area contributed by atoms with Crippen LogP contribution < -0.4 is 9.46 Å². The van der Waals surface area contributed by atoms with E-state index in [4.69, 9.17) is 4.74 Å². The maximum Gasteiger partial charge on any atom is 0.263 e. The van der Waals surface area contributed by atoms with Gasteiger partial charge in [-0.05, 0) is 30.7 Å². The monoisotopic (exact) mass is 360 g/mol. The third-order valence-electron chi connectivity index (χ3n) is 3.47. The third-order valence-corrected chi connectivity index (χ3v) is 5.70. The molecule has 124 valence electrons. The third kappa shape index (κ3) is 3.42. The second-order valence-electron chi connectivity index (χ2n) is 5.14. The van der Waals surface area contributed by atoms with Gasteiger partial charge in [0, 0.05) is 10.9 Å². The summed E-state index contributed by atoms with van der Waals surface area (Å²) in [5, 5.41) is 2.16. The van der Waals surface area contributed by atoms with Crippen molar-refractivity contribution in [2.45, 2.75) is 11.8 Å². The predicted octanol–water partition coefficient (Wildman–Crippen LogP) is 3.93. The molecule has 0 amide bonds. The Morgan fingerprint density at radius 3 is 2.54 bits per heavy atom. The van der Waals surface area contributed by atoms with Gasteiger partial charge in [0.25, 0.3) is 10.0 Å². The van der Waals surface area contributed by atoms with Crippen molar-refractivity contribution in [1.29, 1.82) is 0 Å². The van der Waals surface area contributed by atoms with E-state index in [9.17, 15) is 8.42 Å². The first-order valence-corrected chi connectivity index (χ1v) is 9.54. The molecule has 5 nitrogen and oxygen atoms in total. The van der Waals surface area contributed by atoms with Crippen molar-refractivity contribution in [3.8, 4) is 17.0 Å². The van der Waals surface area contributed by atoms with Gasteiger partial charge < -0.3 is 4.74 Å². The number of ether oxygens (including phenoxy) is 1. The number of thiazole rings is 1. The molecule has 2 aromatic carbocycles. The molecule has 0 atom stereocenters. The predicted molar refractivity (Wildman–Crippen MR) is 96.1 cm³/mol. The minimum atomic E-state index is -3.69. The number of hydrogen-bond donors (Lipinski definition) is 1. The van der Waals surface area contributed by atoms with E-state index in [-0.39, 0.29) is 4.90 Å². The summed E-state index contributed by atoms with van der Waals surface area (Å²) in [6.07, 6.45) is 0. The van der Waals surface area contributed by atoms with Crippen LogP contribution in [0.5, 0.6) is 5.75 Å². The first-order chi connectivity index (χ1) is 11.5. The van der Waals surface area contributed by atoms with Crippen molar-refractivity contribution in [3.05, 3.63) is 59.5 Å². The number of sulfonamides is 1. The fourth-order valence-corrected chi connectivity index (χ4v) is 4.31. The number of benzene rings is 2. The van der Waals surface area contributed by atoms with Gasteiger partial charge in [-0.1, -0.05) is 30.3 Å². The lowest BCUT2D eigenvalue weighted by atomic mass is 10.2. The summed E-state index contributed by atoms with van der Waals surface area (Å²) >= 11 is 1.25. The van der Waals surface area contributed by atoms with Crippen LogP contribution in [0.2, 0.25) is 0 Å². The molecule has 0 aliphatic carbocycles. The second kappa shape index (κ2) is 6.62. The average molecular weight is 360 g/mol. The van der Waals surface area contributed by atoms with Gasteiger partial charge in [-0.2, -0.15) is 0 Å². The molecule has 1 heterocycles.